The van der Waals surface area contributed by atoms with Crippen molar-refractivity contribution in [2.24, 2.45) is 0 Å². The van der Waals surface area contributed by atoms with Gasteiger partial charge >= 0.3 is 0 Å². The number of para-hydroxylation sites is 4. The molecule has 0 N–H and O–H groups in total. The summed E-state index contributed by atoms with van der Waals surface area (Å²) in [5.41, 5.74) is 13.3. The normalized spacial score (nSPS) is 11.3. The van der Waals surface area contributed by atoms with Gasteiger partial charge in [-0.05, 0) is 57.6 Å². The molecular formula is C56H34N4. The summed E-state index contributed by atoms with van der Waals surface area (Å²) in [7, 11) is 0. The molecule has 0 unspecified atom stereocenters. The van der Waals surface area contributed by atoms with Gasteiger partial charge in [0.15, 0.2) is 0 Å². The number of hydrogen-bond donors (Lipinski definition) is 0. The molecule has 0 bridgehead atoms. The number of benzene rings is 9. The largest absolute Gasteiger partial charge is 0.307 e. The first-order valence-electron chi connectivity index (χ1n) is 20.1. The molecule has 4 nitrogen and oxygen atoms in total. The summed E-state index contributed by atoms with van der Waals surface area (Å²) in [6.45, 7) is 0. The van der Waals surface area contributed by atoms with E-state index < -0.39 is 0 Å². The molecule has 0 spiro atoms. The maximum atomic E-state index is 11.7. The fourth-order valence-electron chi connectivity index (χ4n) is 9.38. The number of fused-ring (bicyclic) bond motifs is 6. The molecule has 0 aliphatic carbocycles. The van der Waals surface area contributed by atoms with Crippen molar-refractivity contribution in [2.45, 2.75) is 0 Å². The predicted octanol–water partition coefficient (Wildman–Crippen LogP) is 14.3. The van der Waals surface area contributed by atoms with Gasteiger partial charge in [0.05, 0.1) is 44.6 Å². The topological polar surface area (TPSA) is 57.4 Å². The molecule has 0 aliphatic rings. The van der Waals surface area contributed by atoms with Gasteiger partial charge < -0.3 is 9.13 Å². The summed E-state index contributed by atoms with van der Waals surface area (Å²) in [5, 5.41) is 27.8. The van der Waals surface area contributed by atoms with E-state index in [1.54, 1.807) is 0 Å². The highest BCUT2D eigenvalue weighted by atomic mass is 15.1. The molecule has 0 fully saturated rings. The van der Waals surface area contributed by atoms with Crippen molar-refractivity contribution in [2.75, 3.05) is 0 Å². The molecule has 0 amide bonds. The van der Waals surface area contributed by atoms with E-state index in [1.165, 1.54) is 0 Å². The number of nitriles is 2. The molecule has 11 rings (SSSR count). The smallest absolute Gasteiger partial charge is 0.101 e. The third-order valence-electron chi connectivity index (χ3n) is 11.8. The number of hydrogen-bond acceptors (Lipinski definition) is 2. The Kier molecular flexibility index (Phi) is 8.22. The summed E-state index contributed by atoms with van der Waals surface area (Å²) < 4.78 is 4.69. The van der Waals surface area contributed by atoms with E-state index in [9.17, 15) is 10.5 Å². The van der Waals surface area contributed by atoms with Gasteiger partial charge in [-0.15, -0.1) is 0 Å². The molecule has 0 aliphatic heterocycles. The zero-order chi connectivity index (χ0) is 40.2. The molecule has 0 saturated heterocycles. The van der Waals surface area contributed by atoms with E-state index in [2.05, 4.69) is 167 Å². The second kappa shape index (κ2) is 14.2. The van der Waals surface area contributed by atoms with Crippen LogP contribution in [0, 0.1) is 22.7 Å². The highest BCUT2D eigenvalue weighted by Crippen LogP contribution is 2.51. The summed E-state index contributed by atoms with van der Waals surface area (Å²) in [4.78, 5) is 0. The average molecular weight is 763 g/mol. The van der Waals surface area contributed by atoms with Crippen LogP contribution in [-0.4, -0.2) is 9.13 Å². The van der Waals surface area contributed by atoms with Crippen LogP contribution in [-0.2, 0) is 0 Å². The Bertz CT molecular complexity index is 3210. The van der Waals surface area contributed by atoms with Crippen LogP contribution in [0.1, 0.15) is 11.1 Å². The molecule has 0 radical (unpaired) electrons. The van der Waals surface area contributed by atoms with Crippen molar-refractivity contribution in [1.29, 1.82) is 10.5 Å². The van der Waals surface area contributed by atoms with Gasteiger partial charge in [-0.1, -0.05) is 182 Å². The van der Waals surface area contributed by atoms with Crippen molar-refractivity contribution < 1.29 is 0 Å². The highest BCUT2D eigenvalue weighted by molar-refractivity contribution is 6.15. The predicted molar refractivity (Wildman–Crippen MR) is 246 cm³/mol. The van der Waals surface area contributed by atoms with Crippen LogP contribution < -0.4 is 0 Å². The summed E-state index contributed by atoms with van der Waals surface area (Å²) in [5.74, 6) is 0. The van der Waals surface area contributed by atoms with Gasteiger partial charge in [-0.25, -0.2) is 0 Å². The van der Waals surface area contributed by atoms with Crippen LogP contribution in [0.25, 0.3) is 99.5 Å². The first-order valence-corrected chi connectivity index (χ1v) is 20.1. The Morgan fingerprint density at radius 2 is 0.550 bits per heavy atom. The summed E-state index contributed by atoms with van der Waals surface area (Å²) in [6, 6.07) is 76.5. The first-order chi connectivity index (χ1) is 29.8. The lowest BCUT2D eigenvalue weighted by molar-refractivity contribution is 1.09. The lowest BCUT2D eigenvalue weighted by atomic mass is 9.82. The third kappa shape index (κ3) is 5.22. The lowest BCUT2D eigenvalue weighted by Gasteiger charge is -2.27. The van der Waals surface area contributed by atoms with Crippen LogP contribution in [0.2, 0.25) is 0 Å². The SMILES string of the molecule is N#Cc1c(C#N)c(-c2ccccc2-c2ccccc2)c(-n2c3ccccc3c3ccccc32)c(-n2c3ccccc3c3ccccc32)c1-c1ccccc1-c1ccccc1. The van der Waals surface area contributed by atoms with Gasteiger partial charge in [0.1, 0.15) is 12.1 Å². The van der Waals surface area contributed by atoms with Crippen molar-refractivity contribution >= 4 is 43.6 Å². The Morgan fingerprint density at radius 1 is 0.283 bits per heavy atom. The van der Waals surface area contributed by atoms with Crippen LogP contribution in [0.3, 0.4) is 0 Å². The van der Waals surface area contributed by atoms with Crippen LogP contribution in [0.15, 0.2) is 206 Å². The van der Waals surface area contributed by atoms with Crippen molar-refractivity contribution in [3.8, 4) is 68.0 Å². The summed E-state index contributed by atoms with van der Waals surface area (Å²) in [6.07, 6.45) is 0. The fraction of sp³-hybridized carbons (Fsp3) is 0. The molecular weight excluding hydrogens is 729 g/mol. The molecule has 9 aromatic carbocycles. The van der Waals surface area contributed by atoms with Gasteiger partial charge in [0, 0.05) is 32.7 Å². The van der Waals surface area contributed by atoms with Gasteiger partial charge in [0.2, 0.25) is 0 Å². The van der Waals surface area contributed by atoms with Crippen molar-refractivity contribution in [3.05, 3.63) is 217 Å². The minimum Gasteiger partial charge on any atom is -0.307 e. The molecule has 11 aromatic rings. The minimum absolute atomic E-state index is 0.320. The zero-order valence-electron chi connectivity index (χ0n) is 32.4. The molecule has 0 atom stereocenters. The fourth-order valence-corrected chi connectivity index (χ4v) is 9.38. The lowest BCUT2D eigenvalue weighted by Crippen LogP contribution is -2.12. The molecule has 278 valence electrons. The van der Waals surface area contributed by atoms with Crippen LogP contribution >= 0.6 is 0 Å². The Hall–Kier alpha value is -8.44. The van der Waals surface area contributed by atoms with E-state index in [0.29, 0.717) is 22.3 Å². The summed E-state index contributed by atoms with van der Waals surface area (Å²) >= 11 is 0. The Labute approximate surface area is 347 Å². The zero-order valence-corrected chi connectivity index (χ0v) is 32.4. The number of rotatable bonds is 6. The highest BCUT2D eigenvalue weighted by Gasteiger charge is 2.33. The maximum absolute atomic E-state index is 11.7. The molecule has 2 heterocycles. The monoisotopic (exact) mass is 762 g/mol. The molecule has 60 heavy (non-hydrogen) atoms. The second-order valence-electron chi connectivity index (χ2n) is 15.0. The van der Waals surface area contributed by atoms with Gasteiger partial charge in [-0.2, -0.15) is 10.5 Å². The third-order valence-corrected chi connectivity index (χ3v) is 11.8. The van der Waals surface area contributed by atoms with Crippen LogP contribution in [0.4, 0.5) is 0 Å². The van der Waals surface area contributed by atoms with Crippen molar-refractivity contribution in [1.82, 2.24) is 9.13 Å². The molecule has 4 heteroatoms. The van der Waals surface area contributed by atoms with E-state index in [1.807, 2.05) is 60.7 Å². The number of nitrogens with zero attached hydrogens (tertiary/aromatic N) is 4. The average Bonchev–Trinajstić information content (AvgIpc) is 3.84. The quantitative estimate of drug-likeness (QED) is 0.169. The molecule has 2 aromatic heterocycles. The van der Waals surface area contributed by atoms with E-state index in [-0.39, 0.29) is 0 Å². The second-order valence-corrected chi connectivity index (χ2v) is 15.0. The van der Waals surface area contributed by atoms with Crippen molar-refractivity contribution in [3.63, 3.8) is 0 Å². The maximum Gasteiger partial charge on any atom is 0.101 e. The standard InChI is InChI=1S/C56H34N4/c57-35-47-48(36-58)54(46-30-10-8-24-40(46)38-21-5-2-6-22-38)56(60-51-33-17-13-27-43(51)44-28-14-18-34-52(44)60)55(53(47)45-29-9-7-23-39(45)37-19-3-1-4-20-37)59-49-31-15-11-25-41(49)42-26-12-16-32-50(42)59/h1-34H. The van der Waals surface area contributed by atoms with Gasteiger partial charge in [0.25, 0.3) is 0 Å². The number of aromatic nitrogens is 2. The van der Waals surface area contributed by atoms with E-state index in [0.717, 1.165) is 88.4 Å². The van der Waals surface area contributed by atoms with E-state index in [4.69, 9.17) is 0 Å². The minimum atomic E-state index is 0.320. The Balaban J connectivity index is 1.48. The first kappa shape index (κ1) is 34.8. The van der Waals surface area contributed by atoms with E-state index >= 15 is 0 Å². The molecule has 0 saturated carbocycles. The van der Waals surface area contributed by atoms with Gasteiger partial charge in [-0.3, -0.25) is 0 Å². The van der Waals surface area contributed by atoms with Crippen LogP contribution in [0.5, 0.6) is 0 Å². The Morgan fingerprint density at radius 3 is 0.867 bits per heavy atom.